The number of furan rings is 1. The molecule has 0 unspecified atom stereocenters. The summed E-state index contributed by atoms with van der Waals surface area (Å²) in [5.41, 5.74) is 1.41. The molecule has 2 rings (SSSR count). The van der Waals surface area contributed by atoms with E-state index >= 15 is 0 Å². The van der Waals surface area contributed by atoms with Gasteiger partial charge in [-0.05, 0) is 58.7 Å². The Balaban J connectivity index is 2.17. The van der Waals surface area contributed by atoms with Gasteiger partial charge in [-0.15, -0.1) is 0 Å². The maximum Gasteiger partial charge on any atom is 0.372 e. The minimum atomic E-state index is -1.03. The number of aryl methyl sites for hydroxylation is 1. The predicted octanol–water partition coefficient (Wildman–Crippen LogP) is 4.63. The number of hydrogen-bond acceptors (Lipinski definition) is 4. The van der Waals surface area contributed by atoms with Crippen LogP contribution in [0.4, 0.5) is 0 Å². The smallest absolute Gasteiger partial charge is 0.372 e. The zero-order valence-corrected chi connectivity index (χ0v) is 15.6. The topological polar surface area (TPSA) is 71.7 Å². The van der Waals surface area contributed by atoms with E-state index in [1.165, 1.54) is 0 Å². The van der Waals surface area contributed by atoms with Gasteiger partial charge in [0, 0.05) is 11.1 Å². The Bertz CT molecular complexity index is 712. The van der Waals surface area contributed by atoms with Gasteiger partial charge in [0.15, 0.2) is 0 Å². The first kappa shape index (κ1) is 19.3. The average Bonchev–Trinajstić information content (AvgIpc) is 2.91. The van der Waals surface area contributed by atoms with Gasteiger partial charge in [0.25, 0.3) is 0 Å². The number of aromatic carboxylic acids is 1. The Morgan fingerprint density at radius 1 is 1.28 bits per heavy atom. The lowest BCUT2D eigenvalue weighted by Gasteiger charge is -2.20. The molecule has 0 atom stereocenters. The number of carbonyl (C=O) groups is 1. The van der Waals surface area contributed by atoms with E-state index in [2.05, 4.69) is 33.0 Å². The minimum Gasteiger partial charge on any atom is -0.493 e. The van der Waals surface area contributed by atoms with Gasteiger partial charge in [-0.2, -0.15) is 0 Å². The van der Waals surface area contributed by atoms with E-state index in [1.807, 2.05) is 12.1 Å². The summed E-state index contributed by atoms with van der Waals surface area (Å²) >= 11 is 0. The third-order valence-electron chi connectivity index (χ3n) is 3.98. The normalized spacial score (nSPS) is 11.8. The van der Waals surface area contributed by atoms with Crippen molar-refractivity contribution in [1.29, 1.82) is 0 Å². The van der Waals surface area contributed by atoms with Crippen molar-refractivity contribution in [2.45, 2.75) is 58.9 Å². The Morgan fingerprint density at radius 3 is 2.68 bits per heavy atom. The van der Waals surface area contributed by atoms with Crippen LogP contribution in [0, 0.1) is 0 Å². The average molecular weight is 347 g/mol. The van der Waals surface area contributed by atoms with Crippen LogP contribution in [0.5, 0.6) is 5.75 Å². The van der Waals surface area contributed by atoms with Crippen molar-refractivity contribution in [3.05, 3.63) is 29.5 Å². The maximum atomic E-state index is 11.5. The molecule has 0 amide bonds. The van der Waals surface area contributed by atoms with Crippen LogP contribution >= 0.6 is 0 Å². The van der Waals surface area contributed by atoms with Crippen molar-refractivity contribution in [2.75, 3.05) is 13.2 Å². The lowest BCUT2D eigenvalue weighted by Crippen LogP contribution is -2.36. The fourth-order valence-corrected chi connectivity index (χ4v) is 2.78. The lowest BCUT2D eigenvalue weighted by molar-refractivity contribution is 0.0663. The standard InChI is InChI=1S/C20H29NO4/c1-5-6-9-14-17-15(24-13-8-12-21-20(2,3)4)10-7-11-16(17)25-18(14)19(22)23/h7,10-11,21H,5-6,8-9,12-13H2,1-4H3,(H,22,23). The second-order valence-electron chi connectivity index (χ2n) is 7.33. The minimum absolute atomic E-state index is 0.0360. The summed E-state index contributed by atoms with van der Waals surface area (Å²) in [6.07, 6.45) is 3.46. The lowest BCUT2D eigenvalue weighted by atomic mass is 10.0. The van der Waals surface area contributed by atoms with Crippen molar-refractivity contribution in [3.8, 4) is 5.75 Å². The van der Waals surface area contributed by atoms with E-state index in [0.29, 0.717) is 24.4 Å². The van der Waals surface area contributed by atoms with Crippen molar-refractivity contribution >= 4 is 16.9 Å². The van der Waals surface area contributed by atoms with Gasteiger partial charge in [0.2, 0.25) is 5.76 Å². The first-order valence-electron chi connectivity index (χ1n) is 8.99. The molecular weight excluding hydrogens is 318 g/mol. The molecular formula is C20H29NO4. The van der Waals surface area contributed by atoms with Gasteiger partial charge in [0.05, 0.1) is 12.0 Å². The molecule has 5 heteroatoms. The van der Waals surface area contributed by atoms with Gasteiger partial charge >= 0.3 is 5.97 Å². The van der Waals surface area contributed by atoms with E-state index in [9.17, 15) is 9.90 Å². The van der Waals surface area contributed by atoms with Crippen LogP contribution in [-0.2, 0) is 6.42 Å². The highest BCUT2D eigenvalue weighted by Gasteiger charge is 2.22. The molecule has 0 saturated carbocycles. The molecule has 1 heterocycles. The Labute approximate surface area is 149 Å². The van der Waals surface area contributed by atoms with Crippen LogP contribution in [-0.4, -0.2) is 29.8 Å². The summed E-state index contributed by atoms with van der Waals surface area (Å²) < 4.78 is 11.5. The van der Waals surface area contributed by atoms with Crippen LogP contribution in [0.25, 0.3) is 11.0 Å². The quantitative estimate of drug-likeness (QED) is 0.647. The van der Waals surface area contributed by atoms with E-state index in [1.54, 1.807) is 6.07 Å². The second-order valence-corrected chi connectivity index (χ2v) is 7.33. The second kappa shape index (κ2) is 8.39. The highest BCUT2D eigenvalue weighted by Crippen LogP contribution is 2.34. The number of ether oxygens (including phenoxy) is 1. The number of nitrogens with one attached hydrogen (secondary N) is 1. The summed E-state index contributed by atoms with van der Waals surface area (Å²) in [6.45, 7) is 9.92. The summed E-state index contributed by atoms with van der Waals surface area (Å²) in [5.74, 6) is -0.285. The molecule has 1 aromatic heterocycles. The van der Waals surface area contributed by atoms with Gasteiger partial charge in [-0.1, -0.05) is 19.4 Å². The molecule has 5 nitrogen and oxygen atoms in total. The zero-order valence-electron chi connectivity index (χ0n) is 15.6. The number of benzene rings is 1. The highest BCUT2D eigenvalue weighted by molar-refractivity contribution is 5.97. The van der Waals surface area contributed by atoms with E-state index < -0.39 is 5.97 Å². The monoisotopic (exact) mass is 347 g/mol. The molecule has 1 aromatic carbocycles. The molecule has 0 bridgehead atoms. The molecule has 138 valence electrons. The first-order chi connectivity index (χ1) is 11.8. The van der Waals surface area contributed by atoms with Crippen molar-refractivity contribution in [3.63, 3.8) is 0 Å². The van der Waals surface area contributed by atoms with Gasteiger partial charge in [-0.25, -0.2) is 4.79 Å². The largest absolute Gasteiger partial charge is 0.493 e. The molecule has 0 fully saturated rings. The number of fused-ring (bicyclic) bond motifs is 1. The number of rotatable bonds is 9. The Hall–Kier alpha value is -2.01. The fourth-order valence-electron chi connectivity index (χ4n) is 2.78. The molecule has 0 saturated heterocycles. The molecule has 0 aliphatic carbocycles. The number of hydrogen-bond donors (Lipinski definition) is 2. The SMILES string of the molecule is CCCCc1c(C(=O)O)oc2cccc(OCCCNC(C)(C)C)c12. The molecule has 0 spiro atoms. The van der Waals surface area contributed by atoms with Crippen LogP contribution in [0.15, 0.2) is 22.6 Å². The van der Waals surface area contributed by atoms with Crippen molar-refractivity contribution in [1.82, 2.24) is 5.32 Å². The van der Waals surface area contributed by atoms with E-state index in [4.69, 9.17) is 9.15 Å². The molecule has 2 aromatic rings. The summed E-state index contributed by atoms with van der Waals surface area (Å²) in [4.78, 5) is 11.5. The van der Waals surface area contributed by atoms with Crippen LogP contribution in [0.3, 0.4) is 0 Å². The third kappa shape index (κ3) is 5.23. The molecule has 0 aliphatic heterocycles. The van der Waals surface area contributed by atoms with E-state index in [0.717, 1.165) is 36.8 Å². The molecule has 0 aliphatic rings. The van der Waals surface area contributed by atoms with Crippen LogP contribution in [0.2, 0.25) is 0 Å². The van der Waals surface area contributed by atoms with Gasteiger partial charge < -0.3 is 19.6 Å². The Morgan fingerprint density at radius 2 is 2.04 bits per heavy atom. The first-order valence-corrected chi connectivity index (χ1v) is 8.99. The maximum absolute atomic E-state index is 11.5. The van der Waals surface area contributed by atoms with Crippen molar-refractivity contribution in [2.24, 2.45) is 0 Å². The number of carboxylic acids is 1. The van der Waals surface area contributed by atoms with Crippen LogP contribution in [0.1, 0.15) is 63.1 Å². The van der Waals surface area contributed by atoms with E-state index in [-0.39, 0.29) is 11.3 Å². The number of carboxylic acid groups (broad SMARTS) is 1. The van der Waals surface area contributed by atoms with Crippen LogP contribution < -0.4 is 10.1 Å². The summed E-state index contributed by atoms with van der Waals surface area (Å²) in [7, 11) is 0. The predicted molar refractivity (Wildman–Crippen MR) is 99.7 cm³/mol. The highest BCUT2D eigenvalue weighted by atomic mass is 16.5. The summed E-state index contributed by atoms with van der Waals surface area (Å²) in [5, 5.41) is 13.7. The van der Waals surface area contributed by atoms with Gasteiger partial charge in [-0.3, -0.25) is 0 Å². The summed E-state index contributed by atoms with van der Waals surface area (Å²) in [6, 6.07) is 5.52. The molecule has 2 N–H and O–H groups in total. The van der Waals surface area contributed by atoms with Crippen molar-refractivity contribution < 1.29 is 19.1 Å². The van der Waals surface area contributed by atoms with Gasteiger partial charge in [0.1, 0.15) is 11.3 Å². The fraction of sp³-hybridized carbons (Fsp3) is 0.550. The Kier molecular flexibility index (Phi) is 6.48. The number of unbranched alkanes of at least 4 members (excludes halogenated alkanes) is 1. The molecule has 25 heavy (non-hydrogen) atoms. The third-order valence-corrected chi connectivity index (χ3v) is 3.98. The molecule has 0 radical (unpaired) electrons. The zero-order chi connectivity index (χ0) is 18.4.